The Morgan fingerprint density at radius 3 is 2.86 bits per heavy atom. The van der Waals surface area contributed by atoms with Crippen molar-refractivity contribution in [3.8, 4) is 12.3 Å². The summed E-state index contributed by atoms with van der Waals surface area (Å²) in [5.74, 6) is 1.94. The van der Waals surface area contributed by atoms with Gasteiger partial charge in [-0.15, -0.1) is 6.42 Å². The molecule has 0 amide bonds. The molecule has 1 aromatic carbocycles. The van der Waals surface area contributed by atoms with E-state index in [1.54, 1.807) is 0 Å². The van der Waals surface area contributed by atoms with E-state index in [2.05, 4.69) is 0 Å². The number of hydrogen-bond donors (Lipinski definition) is 0. The van der Waals surface area contributed by atoms with Gasteiger partial charge in [-0.2, -0.15) is 0 Å². The SMILES string of the molecule is [2H]c1c([2H])c([2H])c(C[C@@]([2H])(C)N(C)C([2H])([2H])C#C)c([2H])c1[2H]. The lowest BCUT2D eigenvalue weighted by molar-refractivity contribution is 0.287. The van der Waals surface area contributed by atoms with E-state index < -0.39 is 30.6 Å². The first kappa shape index (κ1) is 4.08. The van der Waals surface area contributed by atoms with Gasteiger partial charge in [-0.25, -0.2) is 0 Å². The van der Waals surface area contributed by atoms with Crippen LogP contribution in [-0.2, 0) is 6.42 Å². The Labute approximate surface area is 98.0 Å². The highest BCUT2D eigenvalue weighted by molar-refractivity contribution is 5.15. The summed E-state index contributed by atoms with van der Waals surface area (Å²) in [5, 5.41) is 0. The van der Waals surface area contributed by atoms with Gasteiger partial charge in [-0.3, -0.25) is 4.90 Å². The fourth-order valence-corrected chi connectivity index (χ4v) is 0.931. The van der Waals surface area contributed by atoms with Crippen LogP contribution in [0.15, 0.2) is 30.2 Å². The molecule has 14 heavy (non-hydrogen) atoms. The molecule has 0 saturated carbocycles. The lowest BCUT2D eigenvalue weighted by Crippen LogP contribution is -2.31. The molecule has 0 aromatic heterocycles. The number of rotatable bonds is 4. The Hall–Kier alpha value is -1.26. The summed E-state index contributed by atoms with van der Waals surface area (Å²) >= 11 is 0. The molecule has 0 radical (unpaired) electrons. The minimum Gasteiger partial charge on any atom is -0.292 e. The highest BCUT2D eigenvalue weighted by Gasteiger charge is 2.07. The zero-order chi connectivity index (χ0) is 17.5. The van der Waals surface area contributed by atoms with Crippen molar-refractivity contribution in [2.45, 2.75) is 19.4 Å². The third-order valence-electron chi connectivity index (χ3n) is 1.79. The van der Waals surface area contributed by atoms with Gasteiger partial charge in [-0.05, 0) is 26.0 Å². The molecule has 74 valence electrons. The molecule has 0 heterocycles. The van der Waals surface area contributed by atoms with Crippen LogP contribution in [0.5, 0.6) is 0 Å². The molecule has 0 N–H and O–H groups in total. The second-order valence-electron chi connectivity index (χ2n) is 2.83. The molecule has 1 heteroatoms. The van der Waals surface area contributed by atoms with Crippen LogP contribution in [0.2, 0.25) is 0 Å². The third-order valence-corrected chi connectivity index (χ3v) is 1.79. The van der Waals surface area contributed by atoms with Crippen molar-refractivity contribution in [2.24, 2.45) is 0 Å². The maximum atomic E-state index is 8.27. The Morgan fingerprint density at radius 2 is 2.29 bits per heavy atom. The number of hydrogen-bond acceptors (Lipinski definition) is 1. The van der Waals surface area contributed by atoms with Crippen molar-refractivity contribution in [1.29, 1.82) is 0 Å². The molecule has 1 aromatic rings. The standard InChI is InChI=1S/C13H17N/c1-4-10-14(3)12(2)11-13-8-6-5-7-9-13/h1,5-9,12H,10-11H2,2-3H3/t12-/m1/s1/i5D,6D,7D,8D,9D,10D2,12D. The molecular formula is C13H17N. The smallest absolute Gasteiger partial charge is 0.0626 e. The van der Waals surface area contributed by atoms with Crippen LogP contribution in [0.1, 0.15) is 23.5 Å². The van der Waals surface area contributed by atoms with Crippen LogP contribution in [-0.4, -0.2) is 24.5 Å². The van der Waals surface area contributed by atoms with Crippen LogP contribution in [0.4, 0.5) is 0 Å². The molecule has 1 nitrogen and oxygen atoms in total. The van der Waals surface area contributed by atoms with Gasteiger partial charge in [0.2, 0.25) is 0 Å². The van der Waals surface area contributed by atoms with E-state index in [1.807, 2.05) is 5.92 Å². The van der Waals surface area contributed by atoms with E-state index in [0.29, 0.717) is 0 Å². The molecule has 0 aliphatic rings. The van der Waals surface area contributed by atoms with Crippen LogP contribution in [0.3, 0.4) is 0 Å². The van der Waals surface area contributed by atoms with Crippen molar-refractivity contribution < 1.29 is 11.0 Å². The molecular weight excluding hydrogens is 170 g/mol. The summed E-state index contributed by atoms with van der Waals surface area (Å²) in [7, 11) is 1.32. The minimum atomic E-state index is -2.19. The number of nitrogens with zero attached hydrogens (tertiary/aromatic N) is 1. The summed E-state index contributed by atoms with van der Waals surface area (Å²) in [4.78, 5) is 0.987. The average Bonchev–Trinajstić information content (AvgIpc) is 2.46. The largest absolute Gasteiger partial charge is 0.292 e. The monoisotopic (exact) mass is 195 g/mol. The first-order valence-corrected chi connectivity index (χ1v) is 4.14. The number of terminal acetylenes is 1. The average molecular weight is 195 g/mol. The minimum absolute atomic E-state index is 0.0387. The van der Waals surface area contributed by atoms with Gasteiger partial charge >= 0.3 is 0 Å². The first-order chi connectivity index (χ1) is 9.86. The van der Waals surface area contributed by atoms with Gasteiger partial charge in [0.25, 0.3) is 0 Å². The van der Waals surface area contributed by atoms with E-state index in [0.717, 1.165) is 4.90 Å². The van der Waals surface area contributed by atoms with Gasteiger partial charge in [0.1, 0.15) is 0 Å². The van der Waals surface area contributed by atoms with E-state index in [-0.39, 0.29) is 24.1 Å². The normalized spacial score (nSPS) is 23.9. The fourth-order valence-electron chi connectivity index (χ4n) is 0.931. The van der Waals surface area contributed by atoms with Gasteiger partial charge in [0, 0.05) is 7.39 Å². The maximum absolute atomic E-state index is 8.27. The predicted molar refractivity (Wildman–Crippen MR) is 61.1 cm³/mol. The van der Waals surface area contributed by atoms with E-state index >= 15 is 0 Å². The molecule has 0 spiro atoms. The summed E-state index contributed by atoms with van der Waals surface area (Å²) in [6.45, 7) is -0.813. The molecule has 0 saturated heterocycles. The zero-order valence-electron chi connectivity index (χ0n) is 16.2. The van der Waals surface area contributed by atoms with E-state index in [9.17, 15) is 0 Å². The number of benzene rings is 1. The molecule has 0 fully saturated rings. The van der Waals surface area contributed by atoms with Crippen LogP contribution >= 0.6 is 0 Å². The molecule has 0 aliphatic carbocycles. The Kier molecular flexibility index (Phi) is 1.59. The molecule has 0 aliphatic heterocycles. The van der Waals surface area contributed by atoms with Gasteiger partial charge < -0.3 is 0 Å². The van der Waals surface area contributed by atoms with Gasteiger partial charge in [-0.1, -0.05) is 36.1 Å². The topological polar surface area (TPSA) is 3.24 Å². The Balaban J connectivity index is 3.34. The van der Waals surface area contributed by atoms with E-state index in [1.165, 1.54) is 14.0 Å². The zero-order valence-corrected chi connectivity index (χ0v) is 8.23. The molecule has 1 rings (SSSR count). The summed E-state index contributed by atoms with van der Waals surface area (Å²) in [6.07, 6.45) is 4.85. The van der Waals surface area contributed by atoms with Crippen LogP contribution in [0.25, 0.3) is 0 Å². The molecule has 0 unspecified atom stereocenters. The second-order valence-corrected chi connectivity index (χ2v) is 2.83. The molecule has 1 atom stereocenters. The second kappa shape index (κ2) is 5.47. The van der Waals surface area contributed by atoms with Crippen molar-refractivity contribution >= 4 is 0 Å². The quantitative estimate of drug-likeness (QED) is 0.666. The van der Waals surface area contributed by atoms with Crippen molar-refractivity contribution in [3.05, 3.63) is 35.8 Å². The third kappa shape index (κ3) is 3.24. The number of likely N-dealkylation sites (N-methyl/N-ethyl adjacent to an activating group) is 1. The summed E-state index contributed by atoms with van der Waals surface area (Å²) in [5.41, 5.74) is -0.0387. The lowest BCUT2D eigenvalue weighted by Gasteiger charge is -2.22. The first-order valence-electron chi connectivity index (χ1n) is 8.14. The van der Waals surface area contributed by atoms with E-state index in [4.69, 9.17) is 17.4 Å². The maximum Gasteiger partial charge on any atom is 0.0626 e. The van der Waals surface area contributed by atoms with Gasteiger partial charge in [0.05, 0.1) is 16.1 Å². The van der Waals surface area contributed by atoms with Gasteiger partial charge in [0.15, 0.2) is 0 Å². The Morgan fingerprint density at radius 1 is 1.64 bits per heavy atom. The lowest BCUT2D eigenvalue weighted by atomic mass is 10.1. The summed E-state index contributed by atoms with van der Waals surface area (Å²) in [6, 6.07) is -3.83. The van der Waals surface area contributed by atoms with Crippen LogP contribution < -0.4 is 0 Å². The van der Waals surface area contributed by atoms with Crippen molar-refractivity contribution in [2.75, 3.05) is 13.5 Å². The highest BCUT2D eigenvalue weighted by Crippen LogP contribution is 2.06. The van der Waals surface area contributed by atoms with Crippen molar-refractivity contribution in [3.63, 3.8) is 0 Å². The summed E-state index contributed by atoms with van der Waals surface area (Å²) < 4.78 is 62.1. The molecule has 0 bridgehead atoms. The highest BCUT2D eigenvalue weighted by atomic mass is 15.1. The van der Waals surface area contributed by atoms with Crippen LogP contribution in [0, 0.1) is 12.3 Å². The van der Waals surface area contributed by atoms with Crippen molar-refractivity contribution in [1.82, 2.24) is 4.90 Å². The Bertz CT molecular complexity index is 603. The fraction of sp³-hybridized carbons (Fsp3) is 0.385. The predicted octanol–water partition coefficient (Wildman–Crippen LogP) is 2.18.